The Morgan fingerprint density at radius 3 is 1.80 bits per heavy atom. The Bertz CT molecular complexity index is 4260. The van der Waals surface area contributed by atoms with Crippen LogP contribution in [0, 0.1) is 0 Å². The Balaban J connectivity index is 1.01. The van der Waals surface area contributed by atoms with Crippen molar-refractivity contribution in [3.05, 3.63) is 253 Å². The van der Waals surface area contributed by atoms with Crippen molar-refractivity contribution >= 4 is 53.3 Å². The summed E-state index contributed by atoms with van der Waals surface area (Å²) in [5.74, 6) is 1.90. The van der Waals surface area contributed by atoms with E-state index in [1.165, 1.54) is 76.3 Å². The quantitative estimate of drug-likeness (QED) is 0.173. The van der Waals surface area contributed by atoms with Gasteiger partial charge >= 0.3 is 0 Å². The van der Waals surface area contributed by atoms with Crippen LogP contribution in [-0.2, 0) is 5.41 Å². The molecule has 1 aliphatic carbocycles. The van der Waals surface area contributed by atoms with Gasteiger partial charge in [0.2, 0.25) is 0 Å². The number of thiophene rings is 1. The number of rotatable bonds is 5. The van der Waals surface area contributed by atoms with E-state index in [0.29, 0.717) is 17.5 Å². The zero-order valence-corrected chi connectivity index (χ0v) is 38.0. The predicted octanol–water partition coefficient (Wildman–Crippen LogP) is 16.3. The van der Waals surface area contributed by atoms with Crippen LogP contribution in [0.2, 0.25) is 0 Å². The van der Waals surface area contributed by atoms with Gasteiger partial charge in [-0.05, 0) is 98.1 Å². The van der Waals surface area contributed by atoms with Crippen molar-refractivity contribution in [1.29, 1.82) is 0 Å². The molecule has 320 valence electrons. The van der Waals surface area contributed by atoms with Crippen LogP contribution in [0.15, 0.2) is 231 Å². The number of benzene rings is 10. The van der Waals surface area contributed by atoms with E-state index in [1.807, 2.05) is 0 Å². The fourth-order valence-corrected chi connectivity index (χ4v) is 13.0. The first kappa shape index (κ1) is 38.3. The van der Waals surface area contributed by atoms with Crippen LogP contribution in [0.4, 0.5) is 0 Å². The van der Waals surface area contributed by atoms with Gasteiger partial charge in [-0.15, -0.1) is 11.3 Å². The smallest absolute Gasteiger partial charge is 0.165 e. The van der Waals surface area contributed by atoms with Gasteiger partial charge in [-0.2, -0.15) is 0 Å². The van der Waals surface area contributed by atoms with Gasteiger partial charge in [-0.3, -0.25) is 0 Å². The molecule has 3 aromatic heterocycles. The Morgan fingerprint density at radius 2 is 0.928 bits per heavy atom. The fraction of sp³-hybridized carbons (Fsp3) is 0.0156. The molecule has 5 heteroatoms. The van der Waals surface area contributed by atoms with E-state index >= 15 is 0 Å². The zero-order chi connectivity index (χ0) is 45.2. The highest BCUT2D eigenvalue weighted by atomic mass is 32.1. The average Bonchev–Trinajstić information content (AvgIpc) is 4.07. The zero-order valence-electron chi connectivity index (χ0n) is 37.1. The van der Waals surface area contributed by atoms with Crippen molar-refractivity contribution in [2.45, 2.75) is 5.41 Å². The summed E-state index contributed by atoms with van der Waals surface area (Å²) in [6.45, 7) is 0. The van der Waals surface area contributed by atoms with Gasteiger partial charge in [0.1, 0.15) is 0 Å². The summed E-state index contributed by atoms with van der Waals surface area (Å²) in [5, 5.41) is 4.95. The SMILES string of the molecule is c1ccc(-c2ccc(-c3nc(-c4ccc5c(c4)C4(c6ccccc6-5)c5ccccc5-n5c6ccccc6c6cccc4c65)nc(-c4cccc5c4sc4ccccc45)n3)c(-c3ccccc3)c2)cc1. The molecule has 15 rings (SSSR count). The second-order valence-electron chi connectivity index (χ2n) is 18.2. The predicted molar refractivity (Wildman–Crippen MR) is 285 cm³/mol. The summed E-state index contributed by atoms with van der Waals surface area (Å²) in [6, 6.07) is 83.8. The highest BCUT2D eigenvalue weighted by Gasteiger charge is 2.51. The first-order valence-corrected chi connectivity index (χ1v) is 24.3. The van der Waals surface area contributed by atoms with Crippen molar-refractivity contribution in [2.24, 2.45) is 0 Å². The third kappa shape index (κ3) is 5.42. The van der Waals surface area contributed by atoms with Gasteiger partial charge in [-0.1, -0.05) is 188 Å². The topological polar surface area (TPSA) is 43.6 Å². The third-order valence-electron chi connectivity index (χ3n) is 14.7. The van der Waals surface area contributed by atoms with Crippen LogP contribution in [0.3, 0.4) is 0 Å². The van der Waals surface area contributed by atoms with Gasteiger partial charge in [0.15, 0.2) is 17.5 Å². The van der Waals surface area contributed by atoms with Crippen LogP contribution in [-0.4, -0.2) is 19.5 Å². The average molecular weight is 895 g/mol. The van der Waals surface area contributed by atoms with Gasteiger partial charge in [0, 0.05) is 47.6 Å². The third-order valence-corrected chi connectivity index (χ3v) is 15.9. The lowest BCUT2D eigenvalue weighted by molar-refractivity contribution is 0.748. The molecule has 2 aliphatic rings. The molecule has 69 heavy (non-hydrogen) atoms. The number of aromatic nitrogens is 4. The molecule has 1 unspecified atom stereocenters. The molecule has 0 bridgehead atoms. The molecular formula is C64H38N4S. The lowest BCUT2D eigenvalue weighted by Crippen LogP contribution is -2.33. The first-order valence-electron chi connectivity index (χ1n) is 23.5. The molecule has 1 atom stereocenters. The molecular weight excluding hydrogens is 857 g/mol. The first-order chi connectivity index (χ1) is 34.2. The van der Waals surface area contributed by atoms with Gasteiger partial charge in [-0.25, -0.2) is 15.0 Å². The van der Waals surface area contributed by atoms with E-state index in [9.17, 15) is 0 Å². The molecule has 0 radical (unpaired) electrons. The Morgan fingerprint density at radius 1 is 0.333 bits per heavy atom. The Labute approximate surface area is 402 Å². The minimum Gasteiger partial charge on any atom is -0.309 e. The number of para-hydroxylation sites is 3. The highest BCUT2D eigenvalue weighted by molar-refractivity contribution is 7.26. The van der Waals surface area contributed by atoms with Crippen LogP contribution in [0.25, 0.3) is 115 Å². The maximum Gasteiger partial charge on any atom is 0.165 e. The number of nitrogens with zero attached hydrogens (tertiary/aromatic N) is 4. The van der Waals surface area contributed by atoms with E-state index in [0.717, 1.165) is 43.6 Å². The normalized spacial score (nSPS) is 14.4. The summed E-state index contributed by atoms with van der Waals surface area (Å²) in [6.07, 6.45) is 0. The number of hydrogen-bond acceptors (Lipinski definition) is 4. The molecule has 4 nitrogen and oxygen atoms in total. The van der Waals surface area contributed by atoms with Crippen LogP contribution >= 0.6 is 11.3 Å². The monoisotopic (exact) mass is 894 g/mol. The van der Waals surface area contributed by atoms with Crippen molar-refractivity contribution in [2.75, 3.05) is 0 Å². The number of fused-ring (bicyclic) bond motifs is 15. The minimum atomic E-state index is -0.614. The molecule has 0 saturated carbocycles. The van der Waals surface area contributed by atoms with E-state index in [4.69, 9.17) is 15.0 Å². The number of hydrogen-bond donors (Lipinski definition) is 0. The van der Waals surface area contributed by atoms with Crippen molar-refractivity contribution < 1.29 is 0 Å². The Kier molecular flexibility index (Phi) is 8.12. The molecule has 0 fully saturated rings. The summed E-state index contributed by atoms with van der Waals surface area (Å²) < 4.78 is 4.90. The fourth-order valence-electron chi connectivity index (χ4n) is 11.8. The molecule has 0 N–H and O–H groups in total. The van der Waals surface area contributed by atoms with E-state index in [1.54, 1.807) is 11.3 Å². The van der Waals surface area contributed by atoms with Gasteiger partial charge < -0.3 is 4.57 Å². The largest absolute Gasteiger partial charge is 0.309 e. The summed E-state index contributed by atoms with van der Waals surface area (Å²) >= 11 is 1.79. The van der Waals surface area contributed by atoms with Gasteiger partial charge in [0.25, 0.3) is 0 Å². The highest BCUT2D eigenvalue weighted by Crippen LogP contribution is 2.61. The van der Waals surface area contributed by atoms with E-state index < -0.39 is 5.41 Å². The summed E-state index contributed by atoms with van der Waals surface area (Å²) in [7, 11) is 0. The maximum absolute atomic E-state index is 5.54. The molecule has 1 spiro atoms. The molecule has 0 saturated heterocycles. The second-order valence-corrected chi connectivity index (χ2v) is 19.3. The molecule has 13 aromatic rings. The maximum atomic E-state index is 5.54. The Hall–Kier alpha value is -8.77. The van der Waals surface area contributed by atoms with Crippen LogP contribution < -0.4 is 0 Å². The van der Waals surface area contributed by atoms with Crippen LogP contribution in [0.1, 0.15) is 22.3 Å². The summed E-state index contributed by atoms with van der Waals surface area (Å²) in [5.41, 5.74) is 17.9. The van der Waals surface area contributed by atoms with Crippen molar-refractivity contribution in [1.82, 2.24) is 19.5 Å². The van der Waals surface area contributed by atoms with E-state index in [-0.39, 0.29) is 0 Å². The van der Waals surface area contributed by atoms with E-state index in [2.05, 4.69) is 235 Å². The van der Waals surface area contributed by atoms with Crippen LogP contribution in [0.5, 0.6) is 0 Å². The lowest BCUT2D eigenvalue weighted by atomic mass is 9.65. The minimum absolute atomic E-state index is 0.614. The second kappa shape index (κ2) is 14.6. The van der Waals surface area contributed by atoms with Crippen molar-refractivity contribution in [3.8, 4) is 73.2 Å². The molecule has 0 amide bonds. The molecule has 1 aliphatic heterocycles. The van der Waals surface area contributed by atoms with Gasteiger partial charge in [0.05, 0.1) is 22.1 Å². The molecule has 4 heterocycles. The lowest BCUT2D eigenvalue weighted by Gasteiger charge is -2.39. The molecule has 10 aromatic carbocycles. The summed E-state index contributed by atoms with van der Waals surface area (Å²) in [4.78, 5) is 16.5. The van der Waals surface area contributed by atoms with Crippen molar-refractivity contribution in [3.63, 3.8) is 0 Å². The standard InChI is InChI=1S/C64H38N4S/c1-3-17-39(18-4-1)41-33-36-49(51(37-41)40-19-5-2-6-20-40)62-65-61(66-63(67-62)50-26-15-25-48-46-23-9-14-32-58(46)69-60(48)50)42-34-35-44-43-21-7-10-27-52(43)64(55(44)38-42)53-28-11-13-31-57(53)68-56-30-12-8-22-45(56)47-24-16-29-54(64)59(47)68/h1-38H.